The van der Waals surface area contributed by atoms with Gasteiger partial charge in [-0.3, -0.25) is 0 Å². The second kappa shape index (κ2) is 16.5. The Morgan fingerprint density at radius 2 is 1.75 bits per heavy atom. The van der Waals surface area contributed by atoms with Crippen LogP contribution in [0.25, 0.3) is 0 Å². The van der Waals surface area contributed by atoms with Gasteiger partial charge in [-0.1, -0.05) is 71.4 Å². The molecule has 2 aromatic rings. The van der Waals surface area contributed by atoms with E-state index in [-0.39, 0.29) is 36.0 Å². The van der Waals surface area contributed by atoms with Crippen molar-refractivity contribution in [1.82, 2.24) is 10.0 Å². The Morgan fingerprint density at radius 3 is 2.45 bits per heavy atom. The molecule has 5 rings (SSSR count). The average molecular weight is 748 g/mol. The van der Waals surface area contributed by atoms with Crippen molar-refractivity contribution in [2.24, 2.45) is 16.7 Å². The second-order valence-electron chi connectivity index (χ2n) is 15.9. The molecule has 14 heteroatoms. The number of ether oxygens (including phenoxy) is 5. The SMILES string of the molecule is C[Si](C)OC(C(NS(=O)(=O)c1ccc2c(c1)OCO2)[C@H](O)[C@H](Cc1ccccc1)NC(=O)O[C@H]1CO[C@H]2OCC[C@H]21)C(C)(C)CCCC(C)(C)C. The molecule has 2 unspecified atom stereocenters. The third-order valence-corrected chi connectivity index (χ3v) is 12.0. The van der Waals surface area contributed by atoms with Crippen molar-refractivity contribution in [2.75, 3.05) is 20.0 Å². The molecule has 0 aromatic heterocycles. The second-order valence-corrected chi connectivity index (χ2v) is 19.7. The van der Waals surface area contributed by atoms with Crippen LogP contribution in [0.2, 0.25) is 13.1 Å². The van der Waals surface area contributed by atoms with Crippen molar-refractivity contribution < 1.29 is 46.4 Å². The average Bonchev–Trinajstić information content (AvgIpc) is 3.80. The highest BCUT2D eigenvalue weighted by molar-refractivity contribution is 7.89. The van der Waals surface area contributed by atoms with E-state index in [9.17, 15) is 18.3 Å². The highest BCUT2D eigenvalue weighted by atomic mass is 32.2. The van der Waals surface area contributed by atoms with Gasteiger partial charge in [-0.2, -0.15) is 0 Å². The van der Waals surface area contributed by atoms with Crippen LogP contribution in [0.5, 0.6) is 11.5 Å². The van der Waals surface area contributed by atoms with Crippen molar-refractivity contribution >= 4 is 25.2 Å². The van der Waals surface area contributed by atoms with Crippen molar-refractivity contribution in [3.05, 3.63) is 54.1 Å². The molecule has 51 heavy (non-hydrogen) atoms. The minimum atomic E-state index is -4.26. The number of amides is 1. The van der Waals surface area contributed by atoms with Gasteiger partial charge in [0.15, 0.2) is 17.8 Å². The van der Waals surface area contributed by atoms with Gasteiger partial charge < -0.3 is 38.5 Å². The number of hydrogen-bond acceptors (Lipinski definition) is 10. The first-order valence-electron chi connectivity index (χ1n) is 17.8. The zero-order chi connectivity index (χ0) is 37.0. The smallest absolute Gasteiger partial charge is 0.407 e. The van der Waals surface area contributed by atoms with Crippen LogP contribution in [-0.4, -0.2) is 85.4 Å². The predicted octanol–water partition coefficient (Wildman–Crippen LogP) is 5.40. The van der Waals surface area contributed by atoms with Gasteiger partial charge in [-0.15, -0.1) is 0 Å². The number of rotatable bonds is 16. The zero-order valence-corrected chi connectivity index (χ0v) is 32.7. The molecule has 3 heterocycles. The number of hydrogen-bond donors (Lipinski definition) is 3. The predicted molar refractivity (Wildman–Crippen MR) is 193 cm³/mol. The molecule has 1 radical (unpaired) electrons. The lowest BCUT2D eigenvalue weighted by Gasteiger charge is -2.44. The first kappa shape index (κ1) is 39.5. The van der Waals surface area contributed by atoms with E-state index < -0.39 is 67.3 Å². The molecule has 283 valence electrons. The van der Waals surface area contributed by atoms with E-state index in [2.05, 4.69) is 30.8 Å². The Kier molecular flexibility index (Phi) is 12.8. The number of fused-ring (bicyclic) bond motifs is 2. The largest absolute Gasteiger partial charge is 0.454 e. The van der Waals surface area contributed by atoms with Crippen LogP contribution in [0, 0.1) is 16.7 Å². The van der Waals surface area contributed by atoms with Gasteiger partial charge in [0.25, 0.3) is 0 Å². The molecule has 2 fully saturated rings. The van der Waals surface area contributed by atoms with E-state index in [0.717, 1.165) is 18.4 Å². The molecular weight excluding hydrogens is 693 g/mol. The fourth-order valence-electron chi connectivity index (χ4n) is 7.04. The van der Waals surface area contributed by atoms with E-state index in [0.29, 0.717) is 30.9 Å². The summed E-state index contributed by atoms with van der Waals surface area (Å²) in [5.74, 6) is 0.690. The fraction of sp³-hybridized carbons (Fsp3) is 0.649. The Morgan fingerprint density at radius 1 is 1.02 bits per heavy atom. The number of nitrogens with one attached hydrogen (secondary N) is 2. The van der Waals surface area contributed by atoms with Crippen molar-refractivity contribution in [2.45, 2.75) is 121 Å². The molecule has 0 aliphatic carbocycles. The standard InChI is InChI=1S/C37H55N2O10SSi/c1-36(2,3)17-11-18-37(4,5)33(49-51(6)7)31(39-50(42,43)25-14-15-28-29(21-25)47-23-46-28)32(40)27(20-24-12-9-8-10-13-24)38-35(41)48-30-22-45-34-26(30)16-19-44-34/h8-10,12-15,21,26-27,30-34,39-40H,11,16-20,22-23H2,1-7H3,(H,38,41)/t26-,27-,30-,31?,32+,33?,34+/m0/s1. The van der Waals surface area contributed by atoms with Crippen LogP contribution in [0.3, 0.4) is 0 Å². The Labute approximate surface area is 304 Å². The Bertz CT molecular complexity index is 1570. The number of sulfonamides is 1. The molecule has 0 spiro atoms. The van der Waals surface area contributed by atoms with Gasteiger partial charge in [0.2, 0.25) is 25.9 Å². The molecular formula is C37H55N2O10SSi. The molecule has 1 amide bonds. The molecule has 0 saturated carbocycles. The van der Waals surface area contributed by atoms with Gasteiger partial charge in [-0.25, -0.2) is 17.9 Å². The lowest BCUT2D eigenvalue weighted by atomic mass is 9.75. The lowest BCUT2D eigenvalue weighted by molar-refractivity contribution is -0.0907. The number of carbonyl (C=O) groups is 1. The van der Waals surface area contributed by atoms with Gasteiger partial charge in [-0.05, 0) is 67.3 Å². The third-order valence-electron chi connectivity index (χ3n) is 9.78. The van der Waals surface area contributed by atoms with Crippen LogP contribution in [0.1, 0.15) is 65.9 Å². The molecule has 2 aromatic carbocycles. The minimum Gasteiger partial charge on any atom is -0.454 e. The molecule has 3 aliphatic heterocycles. The molecule has 2 saturated heterocycles. The summed E-state index contributed by atoms with van der Waals surface area (Å²) in [6, 6.07) is 11.7. The summed E-state index contributed by atoms with van der Waals surface area (Å²) >= 11 is 0. The van der Waals surface area contributed by atoms with Gasteiger partial charge in [0, 0.05) is 6.07 Å². The van der Waals surface area contributed by atoms with E-state index in [1.54, 1.807) is 6.07 Å². The number of aliphatic hydroxyl groups excluding tert-OH is 1. The van der Waals surface area contributed by atoms with Gasteiger partial charge >= 0.3 is 6.09 Å². The van der Waals surface area contributed by atoms with E-state index in [4.69, 9.17) is 28.1 Å². The van der Waals surface area contributed by atoms with E-state index in [1.807, 2.05) is 57.3 Å². The number of carbonyl (C=O) groups excluding carboxylic acids is 1. The van der Waals surface area contributed by atoms with Crippen LogP contribution >= 0.6 is 0 Å². The quantitative estimate of drug-likeness (QED) is 0.191. The van der Waals surface area contributed by atoms with E-state index in [1.165, 1.54) is 12.1 Å². The molecule has 7 atom stereocenters. The van der Waals surface area contributed by atoms with Gasteiger partial charge in [0.1, 0.15) is 6.10 Å². The normalized spacial score (nSPS) is 22.7. The molecule has 3 N–H and O–H groups in total. The lowest BCUT2D eigenvalue weighted by Crippen LogP contribution is -2.63. The van der Waals surface area contributed by atoms with Gasteiger partial charge in [0.05, 0.1) is 48.3 Å². The van der Waals surface area contributed by atoms with Crippen LogP contribution in [0.4, 0.5) is 4.79 Å². The summed E-state index contributed by atoms with van der Waals surface area (Å²) in [6.07, 6.45) is -0.402. The van der Waals surface area contributed by atoms with Crippen LogP contribution in [0.15, 0.2) is 53.4 Å². The summed E-state index contributed by atoms with van der Waals surface area (Å²) in [5, 5.41) is 15.4. The van der Waals surface area contributed by atoms with E-state index >= 15 is 0 Å². The summed E-state index contributed by atoms with van der Waals surface area (Å²) in [7, 11) is -5.69. The van der Waals surface area contributed by atoms with Crippen molar-refractivity contribution in [3.8, 4) is 11.5 Å². The topological polar surface area (TPSA) is 151 Å². The minimum absolute atomic E-state index is 0.00556. The summed E-state index contributed by atoms with van der Waals surface area (Å²) in [5.41, 5.74) is 0.356. The zero-order valence-electron chi connectivity index (χ0n) is 30.8. The number of alkyl carbamates (subject to hydrolysis) is 1. The van der Waals surface area contributed by atoms with Crippen molar-refractivity contribution in [1.29, 1.82) is 0 Å². The number of benzene rings is 2. The highest BCUT2D eigenvalue weighted by Crippen LogP contribution is 2.38. The Balaban J connectivity index is 1.49. The first-order chi connectivity index (χ1) is 24.0. The summed E-state index contributed by atoms with van der Waals surface area (Å²) in [6.45, 7) is 15.4. The molecule has 3 aliphatic rings. The third kappa shape index (κ3) is 10.5. The Hall–Kier alpha value is -2.72. The maximum absolute atomic E-state index is 14.2. The van der Waals surface area contributed by atoms with Crippen molar-refractivity contribution in [3.63, 3.8) is 0 Å². The summed E-state index contributed by atoms with van der Waals surface area (Å²) in [4.78, 5) is 13.5. The van der Waals surface area contributed by atoms with Crippen LogP contribution in [-0.2, 0) is 35.1 Å². The first-order valence-corrected chi connectivity index (χ1v) is 21.7. The monoisotopic (exact) mass is 747 g/mol. The summed E-state index contributed by atoms with van der Waals surface area (Å²) < 4.78 is 66.1. The number of aliphatic hydroxyl groups is 1. The maximum Gasteiger partial charge on any atom is 0.407 e. The maximum atomic E-state index is 14.2. The molecule has 0 bridgehead atoms. The fourth-order valence-corrected chi connectivity index (χ4v) is 9.28. The molecule has 12 nitrogen and oxygen atoms in total. The van der Waals surface area contributed by atoms with Crippen LogP contribution < -0.4 is 19.5 Å². The highest BCUT2D eigenvalue weighted by Gasteiger charge is 2.47.